The first-order valence-corrected chi connectivity index (χ1v) is 11.0. The summed E-state index contributed by atoms with van der Waals surface area (Å²) >= 11 is 11.4. The van der Waals surface area contributed by atoms with Crippen LogP contribution in [0.15, 0.2) is 71.6 Å². The number of rotatable bonds is 5. The van der Waals surface area contributed by atoms with Gasteiger partial charge in [0, 0.05) is 11.4 Å². The Hall–Kier alpha value is -2.61. The van der Waals surface area contributed by atoms with Crippen LogP contribution in [0.5, 0.6) is 0 Å². The number of hydrogen-bond donors (Lipinski definition) is 3. The lowest BCUT2D eigenvalue weighted by Crippen LogP contribution is -2.19. The summed E-state index contributed by atoms with van der Waals surface area (Å²) in [6.07, 6.45) is 0. The van der Waals surface area contributed by atoms with Crippen LogP contribution >= 0.6 is 23.8 Å². The highest BCUT2D eigenvalue weighted by Crippen LogP contribution is 2.25. The van der Waals surface area contributed by atoms with E-state index in [1.165, 1.54) is 17.7 Å². The molecule has 0 fully saturated rings. The van der Waals surface area contributed by atoms with E-state index in [-0.39, 0.29) is 4.90 Å². The minimum absolute atomic E-state index is 0.0939. The van der Waals surface area contributed by atoms with Crippen LogP contribution in [0.25, 0.3) is 0 Å². The van der Waals surface area contributed by atoms with Crippen LogP contribution in [-0.2, 0) is 10.0 Å². The number of benzene rings is 3. The Kier molecular flexibility index (Phi) is 6.42. The van der Waals surface area contributed by atoms with Crippen molar-refractivity contribution in [2.75, 3.05) is 15.4 Å². The molecule has 0 aliphatic carbocycles. The van der Waals surface area contributed by atoms with Crippen molar-refractivity contribution in [3.8, 4) is 0 Å². The van der Waals surface area contributed by atoms with Gasteiger partial charge < -0.3 is 10.6 Å². The van der Waals surface area contributed by atoms with Crippen molar-refractivity contribution in [1.82, 2.24) is 0 Å². The Balaban J connectivity index is 1.74. The van der Waals surface area contributed by atoms with Crippen molar-refractivity contribution < 1.29 is 8.42 Å². The zero-order valence-electron chi connectivity index (χ0n) is 15.9. The molecule has 8 heteroatoms. The van der Waals surface area contributed by atoms with E-state index in [9.17, 15) is 8.42 Å². The standard InChI is InChI=1S/C21H20ClN3O2S2/c1-14-10-11-17(12-15(14)2)24-21(28)23-16-6-5-7-18(13-16)29(26,27)25-20-9-4-3-8-19(20)22/h3-13,25H,1-2H3,(H2,23,24,28). The van der Waals surface area contributed by atoms with E-state index < -0.39 is 10.0 Å². The number of halogens is 1. The number of aryl methyl sites for hydroxylation is 2. The molecule has 0 aliphatic heterocycles. The van der Waals surface area contributed by atoms with Gasteiger partial charge in [0.2, 0.25) is 0 Å². The third-order valence-corrected chi connectivity index (χ3v) is 6.18. The normalized spacial score (nSPS) is 11.0. The molecule has 0 aromatic heterocycles. The number of thiocarbonyl (C=S) groups is 1. The van der Waals surface area contributed by atoms with Gasteiger partial charge in [-0.1, -0.05) is 35.9 Å². The van der Waals surface area contributed by atoms with E-state index in [0.717, 1.165) is 11.3 Å². The number of hydrogen-bond acceptors (Lipinski definition) is 3. The molecule has 29 heavy (non-hydrogen) atoms. The zero-order valence-corrected chi connectivity index (χ0v) is 18.3. The highest BCUT2D eigenvalue weighted by molar-refractivity contribution is 7.92. The summed E-state index contributed by atoms with van der Waals surface area (Å²) in [6.45, 7) is 4.07. The molecule has 0 bridgehead atoms. The molecule has 3 aromatic rings. The number of nitrogens with one attached hydrogen (secondary N) is 3. The van der Waals surface area contributed by atoms with Gasteiger partial charge in [0.15, 0.2) is 5.11 Å². The second-order valence-electron chi connectivity index (χ2n) is 6.49. The van der Waals surface area contributed by atoms with Crippen LogP contribution < -0.4 is 15.4 Å². The summed E-state index contributed by atoms with van der Waals surface area (Å²) in [5.74, 6) is 0. The third-order valence-electron chi connectivity index (χ3n) is 4.29. The highest BCUT2D eigenvalue weighted by atomic mass is 35.5. The van der Waals surface area contributed by atoms with Crippen LogP contribution in [0.4, 0.5) is 17.1 Å². The van der Waals surface area contributed by atoms with Crippen LogP contribution in [0.1, 0.15) is 11.1 Å². The molecule has 0 spiro atoms. The molecule has 3 aromatic carbocycles. The largest absolute Gasteiger partial charge is 0.332 e. The van der Waals surface area contributed by atoms with Gasteiger partial charge in [-0.3, -0.25) is 4.72 Å². The van der Waals surface area contributed by atoms with E-state index in [4.69, 9.17) is 23.8 Å². The van der Waals surface area contributed by atoms with Gasteiger partial charge in [0.05, 0.1) is 15.6 Å². The second kappa shape index (κ2) is 8.82. The molecule has 0 unspecified atom stereocenters. The molecule has 0 heterocycles. The first-order valence-electron chi connectivity index (χ1n) is 8.77. The summed E-state index contributed by atoms with van der Waals surface area (Å²) in [5.41, 5.74) is 4.07. The molecular formula is C21H20ClN3O2S2. The van der Waals surface area contributed by atoms with Gasteiger partial charge in [0.1, 0.15) is 0 Å². The van der Waals surface area contributed by atoms with Crippen LogP contribution in [0.2, 0.25) is 5.02 Å². The van der Waals surface area contributed by atoms with E-state index in [0.29, 0.717) is 21.5 Å². The predicted molar refractivity (Wildman–Crippen MR) is 124 cm³/mol. The maximum absolute atomic E-state index is 12.7. The molecule has 3 N–H and O–H groups in total. The van der Waals surface area contributed by atoms with Crippen LogP contribution in [0, 0.1) is 13.8 Å². The van der Waals surface area contributed by atoms with Crippen molar-refractivity contribution in [1.29, 1.82) is 0 Å². The van der Waals surface area contributed by atoms with Gasteiger partial charge in [-0.15, -0.1) is 0 Å². The Morgan fingerprint density at radius 1 is 0.862 bits per heavy atom. The average Bonchev–Trinajstić information content (AvgIpc) is 2.66. The Bertz CT molecular complexity index is 1160. The number of anilines is 3. The number of sulfonamides is 1. The molecule has 150 valence electrons. The summed E-state index contributed by atoms with van der Waals surface area (Å²) in [4.78, 5) is 0.0939. The van der Waals surface area contributed by atoms with Gasteiger partial charge in [-0.25, -0.2) is 8.42 Å². The zero-order chi connectivity index (χ0) is 21.0. The van der Waals surface area contributed by atoms with Crippen molar-refractivity contribution in [2.24, 2.45) is 0 Å². The fraction of sp³-hybridized carbons (Fsp3) is 0.0952. The number of para-hydroxylation sites is 1. The fourth-order valence-corrected chi connectivity index (χ4v) is 4.20. The molecule has 0 saturated carbocycles. The molecule has 0 saturated heterocycles. The lowest BCUT2D eigenvalue weighted by molar-refractivity contribution is 0.601. The Morgan fingerprint density at radius 2 is 1.55 bits per heavy atom. The van der Waals surface area contributed by atoms with Gasteiger partial charge >= 0.3 is 0 Å². The smallest absolute Gasteiger partial charge is 0.262 e. The van der Waals surface area contributed by atoms with E-state index in [2.05, 4.69) is 15.4 Å². The maximum atomic E-state index is 12.7. The van der Waals surface area contributed by atoms with Crippen molar-refractivity contribution in [3.05, 3.63) is 82.9 Å². The first-order chi connectivity index (χ1) is 13.7. The van der Waals surface area contributed by atoms with Gasteiger partial charge in [0.25, 0.3) is 10.0 Å². The monoisotopic (exact) mass is 445 g/mol. The van der Waals surface area contributed by atoms with Crippen molar-refractivity contribution in [2.45, 2.75) is 18.7 Å². The summed E-state index contributed by atoms with van der Waals surface area (Å²) in [6, 6.07) is 19.0. The third kappa shape index (κ3) is 5.47. The average molecular weight is 446 g/mol. The molecular weight excluding hydrogens is 426 g/mol. The lowest BCUT2D eigenvalue weighted by Gasteiger charge is -2.13. The first kappa shape index (κ1) is 21.1. The fourth-order valence-electron chi connectivity index (χ4n) is 2.60. The summed E-state index contributed by atoms with van der Waals surface area (Å²) in [7, 11) is -3.80. The van der Waals surface area contributed by atoms with Gasteiger partial charge in [-0.05, 0) is 79.7 Å². The second-order valence-corrected chi connectivity index (χ2v) is 8.99. The summed E-state index contributed by atoms with van der Waals surface area (Å²) < 4.78 is 27.9. The molecule has 0 aliphatic rings. The Morgan fingerprint density at radius 3 is 2.24 bits per heavy atom. The van der Waals surface area contributed by atoms with E-state index in [1.54, 1.807) is 36.4 Å². The molecule has 0 atom stereocenters. The minimum Gasteiger partial charge on any atom is -0.332 e. The van der Waals surface area contributed by atoms with Crippen LogP contribution in [-0.4, -0.2) is 13.5 Å². The quantitative estimate of drug-likeness (QED) is 0.448. The van der Waals surface area contributed by atoms with E-state index in [1.807, 2.05) is 32.0 Å². The minimum atomic E-state index is -3.80. The van der Waals surface area contributed by atoms with Crippen molar-refractivity contribution >= 4 is 56.0 Å². The topological polar surface area (TPSA) is 70.2 Å². The van der Waals surface area contributed by atoms with E-state index >= 15 is 0 Å². The molecule has 3 rings (SSSR count). The molecule has 5 nitrogen and oxygen atoms in total. The van der Waals surface area contributed by atoms with Crippen LogP contribution in [0.3, 0.4) is 0 Å². The maximum Gasteiger partial charge on any atom is 0.262 e. The molecule has 0 radical (unpaired) electrons. The predicted octanol–water partition coefficient (Wildman–Crippen LogP) is 5.57. The summed E-state index contributed by atoms with van der Waals surface area (Å²) in [5, 5.41) is 6.80. The Labute approximate surface area is 181 Å². The van der Waals surface area contributed by atoms with Gasteiger partial charge in [-0.2, -0.15) is 0 Å². The lowest BCUT2D eigenvalue weighted by atomic mass is 10.1. The highest BCUT2D eigenvalue weighted by Gasteiger charge is 2.16. The SMILES string of the molecule is Cc1ccc(NC(=S)Nc2cccc(S(=O)(=O)Nc3ccccc3Cl)c2)cc1C. The molecule has 0 amide bonds. The van der Waals surface area contributed by atoms with Crippen molar-refractivity contribution in [3.63, 3.8) is 0 Å².